The first-order valence-electron chi connectivity index (χ1n) is 8.23. The molecule has 0 aliphatic carbocycles. The van der Waals surface area contributed by atoms with Crippen molar-refractivity contribution in [2.24, 2.45) is 0 Å². The number of fused-ring (bicyclic) bond motifs is 1. The zero-order valence-electron chi connectivity index (χ0n) is 13.2. The normalized spacial score (nSPS) is 18.9. The molecular weight excluding hydrogens is 308 g/mol. The third-order valence-electron chi connectivity index (χ3n) is 4.63. The maximum absolute atomic E-state index is 5.46. The van der Waals surface area contributed by atoms with Crippen molar-refractivity contribution >= 4 is 16.9 Å². The third kappa shape index (κ3) is 2.26. The largest absolute Gasteiger partial charge is 0.377 e. The van der Waals surface area contributed by atoms with Gasteiger partial charge in [0.1, 0.15) is 0 Å². The van der Waals surface area contributed by atoms with E-state index in [1.165, 1.54) is 0 Å². The van der Waals surface area contributed by atoms with Crippen LogP contribution in [0, 0.1) is 0 Å². The van der Waals surface area contributed by atoms with Crippen LogP contribution in [0.2, 0.25) is 0 Å². The average Bonchev–Trinajstić information content (AvgIpc) is 3.22. The highest BCUT2D eigenvalue weighted by Gasteiger charge is 2.23. The van der Waals surface area contributed by atoms with E-state index in [9.17, 15) is 0 Å². The Hall–Kier alpha value is -2.45. The van der Waals surface area contributed by atoms with E-state index in [4.69, 9.17) is 9.26 Å². The summed E-state index contributed by atoms with van der Waals surface area (Å²) in [6.07, 6.45) is 1.89. The van der Waals surface area contributed by atoms with Crippen molar-refractivity contribution in [2.45, 2.75) is 6.04 Å². The van der Waals surface area contributed by atoms with Crippen LogP contribution in [0.1, 0.15) is 6.04 Å². The van der Waals surface area contributed by atoms with Crippen LogP contribution in [0.25, 0.3) is 22.3 Å². The number of nitrogens with one attached hydrogen (secondary N) is 1. The van der Waals surface area contributed by atoms with Crippen LogP contribution >= 0.6 is 0 Å². The predicted molar refractivity (Wildman–Crippen MR) is 88.0 cm³/mol. The Kier molecular flexibility index (Phi) is 3.24. The van der Waals surface area contributed by atoms with Gasteiger partial charge in [-0.1, -0.05) is 17.3 Å². The van der Waals surface area contributed by atoms with Crippen LogP contribution < -0.4 is 10.2 Å². The van der Waals surface area contributed by atoms with E-state index < -0.39 is 0 Å². The molecule has 8 nitrogen and oxygen atoms in total. The molecule has 1 aromatic carbocycles. The van der Waals surface area contributed by atoms with Gasteiger partial charge in [0.2, 0.25) is 5.82 Å². The van der Waals surface area contributed by atoms with E-state index >= 15 is 0 Å². The summed E-state index contributed by atoms with van der Waals surface area (Å²) in [6.45, 7) is 5.08. The molecule has 0 atom stereocenters. The van der Waals surface area contributed by atoms with Gasteiger partial charge in [-0.15, -0.1) is 0 Å². The van der Waals surface area contributed by atoms with Crippen LogP contribution in [0.15, 0.2) is 28.9 Å². The Morgan fingerprint density at radius 2 is 2.04 bits per heavy atom. The zero-order valence-corrected chi connectivity index (χ0v) is 13.2. The summed E-state index contributed by atoms with van der Waals surface area (Å²) in [7, 11) is 0. The van der Waals surface area contributed by atoms with E-state index in [1.54, 1.807) is 0 Å². The van der Waals surface area contributed by atoms with Gasteiger partial charge in [-0.05, 0) is 6.07 Å². The number of aromatic nitrogens is 4. The fourth-order valence-electron chi connectivity index (χ4n) is 3.15. The number of piperazine rings is 1. The standard InChI is InChI=1S/C16H18N6O2/c1-2-12-8-18-22(13-9-23-10-13)14(12)7-11(1)15-19-16(24-20-15)21-5-3-17-4-6-21/h1-2,7-8,13,17H,3-6,9-10H2. The van der Waals surface area contributed by atoms with Crippen LogP contribution in [0.3, 0.4) is 0 Å². The monoisotopic (exact) mass is 326 g/mol. The molecule has 0 bridgehead atoms. The smallest absolute Gasteiger partial charge is 0.324 e. The number of hydrogen-bond acceptors (Lipinski definition) is 7. The average molecular weight is 326 g/mol. The summed E-state index contributed by atoms with van der Waals surface area (Å²) in [5.41, 5.74) is 2.02. The number of anilines is 1. The molecule has 8 heteroatoms. The van der Waals surface area contributed by atoms with Gasteiger partial charge in [0.25, 0.3) is 0 Å². The molecular formula is C16H18N6O2. The molecule has 5 rings (SSSR count). The lowest BCUT2D eigenvalue weighted by atomic mass is 10.1. The summed E-state index contributed by atoms with van der Waals surface area (Å²) in [6, 6.07) is 7.05. The molecule has 1 N–H and O–H groups in total. The Labute approximate surface area is 138 Å². The summed E-state index contributed by atoms with van der Waals surface area (Å²) in [5.74, 6) is 0.614. The maximum atomic E-state index is 5.46. The molecule has 0 unspecified atom stereocenters. The number of rotatable bonds is 3. The highest BCUT2D eigenvalue weighted by Crippen LogP contribution is 2.27. The molecule has 2 aliphatic heterocycles. The fourth-order valence-corrected chi connectivity index (χ4v) is 3.15. The molecule has 24 heavy (non-hydrogen) atoms. The van der Waals surface area contributed by atoms with Crippen molar-refractivity contribution in [2.75, 3.05) is 44.3 Å². The maximum Gasteiger partial charge on any atom is 0.324 e. The quantitative estimate of drug-likeness (QED) is 0.771. The van der Waals surface area contributed by atoms with Crippen molar-refractivity contribution in [3.63, 3.8) is 0 Å². The molecule has 0 radical (unpaired) electrons. The number of hydrogen-bond donors (Lipinski definition) is 1. The van der Waals surface area contributed by atoms with Gasteiger partial charge in [0, 0.05) is 37.1 Å². The van der Waals surface area contributed by atoms with Crippen LogP contribution in [-0.4, -0.2) is 59.3 Å². The van der Waals surface area contributed by atoms with Crippen LogP contribution in [0.5, 0.6) is 0 Å². The van der Waals surface area contributed by atoms with Gasteiger partial charge in [0.15, 0.2) is 0 Å². The van der Waals surface area contributed by atoms with Gasteiger partial charge in [-0.25, -0.2) is 0 Å². The molecule has 0 spiro atoms. The number of ether oxygens (including phenoxy) is 1. The van der Waals surface area contributed by atoms with E-state index in [0.29, 0.717) is 17.9 Å². The topological polar surface area (TPSA) is 81.2 Å². The minimum Gasteiger partial charge on any atom is -0.377 e. The molecule has 0 amide bonds. The van der Waals surface area contributed by atoms with Crippen LogP contribution in [0.4, 0.5) is 6.01 Å². The Bertz CT molecular complexity index is 862. The first kappa shape index (κ1) is 13.9. The van der Waals surface area contributed by atoms with E-state index in [0.717, 1.165) is 55.9 Å². The number of benzene rings is 1. The molecule has 2 aliphatic rings. The van der Waals surface area contributed by atoms with Gasteiger partial charge < -0.3 is 19.5 Å². The molecule has 124 valence electrons. The first-order chi connectivity index (χ1) is 11.9. The van der Waals surface area contributed by atoms with Gasteiger partial charge in [0.05, 0.1) is 31.0 Å². The van der Waals surface area contributed by atoms with Gasteiger partial charge in [-0.2, -0.15) is 10.1 Å². The van der Waals surface area contributed by atoms with Crippen molar-refractivity contribution in [1.82, 2.24) is 25.2 Å². The van der Waals surface area contributed by atoms with Gasteiger partial charge >= 0.3 is 6.01 Å². The minimum absolute atomic E-state index is 0.319. The lowest BCUT2D eigenvalue weighted by Gasteiger charge is -2.26. The summed E-state index contributed by atoms with van der Waals surface area (Å²) in [5, 5.41) is 13.1. The highest BCUT2D eigenvalue weighted by molar-refractivity contribution is 5.83. The van der Waals surface area contributed by atoms with E-state index in [1.807, 2.05) is 16.9 Å². The fraction of sp³-hybridized carbons (Fsp3) is 0.438. The third-order valence-corrected chi connectivity index (χ3v) is 4.63. The Morgan fingerprint density at radius 3 is 2.83 bits per heavy atom. The summed E-state index contributed by atoms with van der Waals surface area (Å²) >= 11 is 0. The van der Waals surface area contributed by atoms with E-state index in [-0.39, 0.29) is 0 Å². The second-order valence-electron chi connectivity index (χ2n) is 6.19. The first-order valence-corrected chi connectivity index (χ1v) is 8.23. The SMILES string of the molecule is c1cc2cnn(C3COC3)c2cc1-c1noc(N2CCNCC2)n1. The Morgan fingerprint density at radius 1 is 1.17 bits per heavy atom. The second-order valence-corrected chi connectivity index (χ2v) is 6.19. The lowest BCUT2D eigenvalue weighted by molar-refractivity contribution is -0.0266. The summed E-state index contributed by atoms with van der Waals surface area (Å²) < 4.78 is 12.8. The van der Waals surface area contributed by atoms with E-state index in [2.05, 4.69) is 37.6 Å². The predicted octanol–water partition coefficient (Wildman–Crippen LogP) is 1.07. The van der Waals surface area contributed by atoms with Gasteiger partial charge in [-0.3, -0.25) is 4.68 Å². The van der Waals surface area contributed by atoms with Crippen molar-refractivity contribution in [1.29, 1.82) is 0 Å². The Balaban J connectivity index is 1.48. The minimum atomic E-state index is 0.319. The number of nitrogens with zero attached hydrogens (tertiary/aromatic N) is 5. The lowest BCUT2D eigenvalue weighted by Crippen LogP contribution is -2.43. The van der Waals surface area contributed by atoms with Crippen molar-refractivity contribution in [3.8, 4) is 11.4 Å². The summed E-state index contributed by atoms with van der Waals surface area (Å²) in [4.78, 5) is 6.68. The van der Waals surface area contributed by atoms with Crippen molar-refractivity contribution < 1.29 is 9.26 Å². The van der Waals surface area contributed by atoms with Crippen LogP contribution in [-0.2, 0) is 4.74 Å². The molecule has 0 saturated carbocycles. The molecule has 4 heterocycles. The zero-order chi connectivity index (χ0) is 15.9. The molecule has 2 saturated heterocycles. The highest BCUT2D eigenvalue weighted by atomic mass is 16.5. The van der Waals surface area contributed by atoms with Crippen molar-refractivity contribution in [3.05, 3.63) is 24.4 Å². The molecule has 3 aromatic rings. The second kappa shape index (κ2) is 5.57. The molecule has 2 aromatic heterocycles. The molecule has 2 fully saturated rings.